The summed E-state index contributed by atoms with van der Waals surface area (Å²) in [5.41, 5.74) is 2.39. The Hall–Kier alpha value is -1.22. The number of nitrogens with one attached hydrogen (secondary N) is 1. The Morgan fingerprint density at radius 3 is 2.47 bits per heavy atom. The number of likely N-dealkylation sites (N-methyl/N-ethyl adjacent to an activating group) is 1. The number of hydrogen-bond acceptors (Lipinski definition) is 3. The monoisotopic (exact) mass is 234 g/mol. The molecule has 3 nitrogen and oxygen atoms in total. The van der Waals surface area contributed by atoms with Crippen molar-refractivity contribution in [3.63, 3.8) is 0 Å². The van der Waals surface area contributed by atoms with Crippen LogP contribution < -0.4 is 10.2 Å². The predicted molar refractivity (Wildman–Crippen MR) is 72.7 cm³/mol. The van der Waals surface area contributed by atoms with Crippen molar-refractivity contribution < 1.29 is 5.11 Å². The fourth-order valence-electron chi connectivity index (χ4n) is 2.15. The van der Waals surface area contributed by atoms with E-state index in [4.69, 9.17) is 5.11 Å². The van der Waals surface area contributed by atoms with Gasteiger partial charge in [-0.05, 0) is 50.5 Å². The molecule has 0 atom stereocenters. The van der Waals surface area contributed by atoms with Crippen LogP contribution in [0.3, 0.4) is 0 Å². The van der Waals surface area contributed by atoms with E-state index in [1.54, 1.807) is 0 Å². The fraction of sp³-hybridized carbons (Fsp3) is 0.571. The van der Waals surface area contributed by atoms with E-state index in [-0.39, 0.29) is 6.61 Å². The minimum Gasteiger partial charge on any atom is -0.395 e. The van der Waals surface area contributed by atoms with Crippen molar-refractivity contribution in [3.05, 3.63) is 24.3 Å². The third-order valence-electron chi connectivity index (χ3n) is 3.46. The molecule has 1 aromatic rings. The van der Waals surface area contributed by atoms with Crippen molar-refractivity contribution in [1.82, 2.24) is 0 Å². The van der Waals surface area contributed by atoms with Crippen LogP contribution in [0.1, 0.15) is 26.2 Å². The molecule has 3 heteroatoms. The number of anilines is 2. The zero-order chi connectivity index (χ0) is 12.1. The lowest BCUT2D eigenvalue weighted by molar-refractivity contribution is 0.302. The van der Waals surface area contributed by atoms with Crippen LogP contribution in [0.15, 0.2) is 24.3 Å². The minimum atomic E-state index is 0.204. The number of rotatable bonds is 6. The highest BCUT2D eigenvalue weighted by Gasteiger charge is 2.16. The van der Waals surface area contributed by atoms with E-state index in [0.29, 0.717) is 12.6 Å². The molecule has 2 rings (SSSR count). The average molecular weight is 234 g/mol. The summed E-state index contributed by atoms with van der Waals surface area (Å²) in [6, 6.07) is 9.20. The highest BCUT2D eigenvalue weighted by molar-refractivity contribution is 5.55. The van der Waals surface area contributed by atoms with Crippen molar-refractivity contribution in [1.29, 1.82) is 0 Å². The molecule has 0 aliphatic heterocycles. The Balaban J connectivity index is 1.95. The molecule has 1 aliphatic carbocycles. The second-order valence-corrected chi connectivity index (χ2v) is 4.62. The molecule has 1 aromatic carbocycles. The quantitative estimate of drug-likeness (QED) is 0.793. The molecule has 0 spiro atoms. The highest BCUT2D eigenvalue weighted by Crippen LogP contribution is 2.24. The Morgan fingerprint density at radius 1 is 1.29 bits per heavy atom. The first-order valence-electron chi connectivity index (χ1n) is 6.56. The van der Waals surface area contributed by atoms with Crippen LogP contribution in [0.4, 0.5) is 11.4 Å². The van der Waals surface area contributed by atoms with Crippen LogP contribution in [0, 0.1) is 0 Å². The van der Waals surface area contributed by atoms with Gasteiger partial charge in [0.05, 0.1) is 6.61 Å². The summed E-state index contributed by atoms with van der Waals surface area (Å²) < 4.78 is 0. The standard InChI is InChI=1S/C14H22N2O/c1-2-16(10-11-17)14-8-6-13(7-9-14)15-12-4-3-5-12/h6-9,12,15,17H,2-5,10-11H2,1H3. The Labute approximate surface area is 103 Å². The maximum atomic E-state index is 8.99. The number of aliphatic hydroxyl groups is 1. The smallest absolute Gasteiger partial charge is 0.0606 e. The molecule has 0 heterocycles. The fourth-order valence-corrected chi connectivity index (χ4v) is 2.15. The molecule has 0 amide bonds. The maximum absolute atomic E-state index is 8.99. The van der Waals surface area contributed by atoms with Gasteiger partial charge in [0, 0.05) is 30.5 Å². The van der Waals surface area contributed by atoms with Gasteiger partial charge in [-0.3, -0.25) is 0 Å². The molecule has 17 heavy (non-hydrogen) atoms. The molecule has 0 unspecified atom stereocenters. The topological polar surface area (TPSA) is 35.5 Å². The molecule has 1 aliphatic rings. The first-order valence-corrected chi connectivity index (χ1v) is 6.56. The summed E-state index contributed by atoms with van der Waals surface area (Å²) in [5.74, 6) is 0. The van der Waals surface area contributed by atoms with Crippen molar-refractivity contribution in [3.8, 4) is 0 Å². The van der Waals surface area contributed by atoms with Crippen LogP contribution in [0.2, 0.25) is 0 Å². The maximum Gasteiger partial charge on any atom is 0.0606 e. The number of benzene rings is 1. The first kappa shape index (κ1) is 12.2. The van der Waals surface area contributed by atoms with E-state index >= 15 is 0 Å². The molecular weight excluding hydrogens is 212 g/mol. The minimum absolute atomic E-state index is 0.204. The van der Waals surface area contributed by atoms with Crippen LogP contribution >= 0.6 is 0 Å². The normalized spacial score (nSPS) is 15.4. The summed E-state index contributed by atoms with van der Waals surface area (Å²) in [6.45, 7) is 3.94. The van der Waals surface area contributed by atoms with E-state index in [0.717, 1.165) is 6.54 Å². The van der Waals surface area contributed by atoms with E-state index in [2.05, 4.69) is 41.4 Å². The summed E-state index contributed by atoms with van der Waals surface area (Å²) in [6.07, 6.45) is 3.95. The van der Waals surface area contributed by atoms with Gasteiger partial charge in [-0.15, -0.1) is 0 Å². The zero-order valence-electron chi connectivity index (χ0n) is 10.5. The summed E-state index contributed by atoms with van der Waals surface area (Å²) in [5, 5.41) is 12.5. The third-order valence-corrected chi connectivity index (χ3v) is 3.46. The highest BCUT2D eigenvalue weighted by atomic mass is 16.3. The van der Waals surface area contributed by atoms with Gasteiger partial charge < -0.3 is 15.3 Å². The van der Waals surface area contributed by atoms with Crippen molar-refractivity contribution in [2.24, 2.45) is 0 Å². The van der Waals surface area contributed by atoms with E-state index in [1.807, 2.05) is 0 Å². The largest absolute Gasteiger partial charge is 0.395 e. The van der Waals surface area contributed by atoms with Crippen LogP contribution in [-0.4, -0.2) is 30.8 Å². The van der Waals surface area contributed by atoms with E-state index < -0.39 is 0 Å². The van der Waals surface area contributed by atoms with Gasteiger partial charge in [0.2, 0.25) is 0 Å². The molecule has 2 N–H and O–H groups in total. The van der Waals surface area contributed by atoms with Gasteiger partial charge in [0.15, 0.2) is 0 Å². The van der Waals surface area contributed by atoms with Crippen molar-refractivity contribution in [2.75, 3.05) is 29.9 Å². The molecule has 0 saturated heterocycles. The first-order chi connectivity index (χ1) is 8.33. The van der Waals surface area contributed by atoms with Crippen LogP contribution in [0.25, 0.3) is 0 Å². The number of aliphatic hydroxyl groups excluding tert-OH is 1. The van der Waals surface area contributed by atoms with E-state index in [9.17, 15) is 0 Å². The van der Waals surface area contributed by atoms with Gasteiger partial charge in [0.1, 0.15) is 0 Å². The average Bonchev–Trinajstić information content (AvgIpc) is 2.32. The van der Waals surface area contributed by atoms with Crippen LogP contribution in [-0.2, 0) is 0 Å². The summed E-state index contributed by atoms with van der Waals surface area (Å²) >= 11 is 0. The lowest BCUT2D eigenvalue weighted by atomic mass is 9.93. The number of nitrogens with zero attached hydrogens (tertiary/aromatic N) is 1. The third kappa shape index (κ3) is 3.13. The van der Waals surface area contributed by atoms with Crippen molar-refractivity contribution in [2.45, 2.75) is 32.2 Å². The van der Waals surface area contributed by atoms with Crippen molar-refractivity contribution >= 4 is 11.4 Å². The lowest BCUT2D eigenvalue weighted by Gasteiger charge is -2.28. The Kier molecular flexibility index (Phi) is 4.26. The van der Waals surface area contributed by atoms with Gasteiger partial charge in [0.25, 0.3) is 0 Å². The zero-order valence-corrected chi connectivity index (χ0v) is 10.5. The second kappa shape index (κ2) is 5.92. The molecular formula is C14H22N2O. The second-order valence-electron chi connectivity index (χ2n) is 4.62. The van der Waals surface area contributed by atoms with Crippen LogP contribution in [0.5, 0.6) is 0 Å². The molecule has 94 valence electrons. The van der Waals surface area contributed by atoms with E-state index in [1.165, 1.54) is 30.6 Å². The molecule has 1 fully saturated rings. The molecule has 0 aromatic heterocycles. The Bertz CT molecular complexity index is 333. The predicted octanol–water partition coefficient (Wildman–Crippen LogP) is 2.47. The summed E-state index contributed by atoms with van der Waals surface area (Å²) in [4.78, 5) is 2.17. The van der Waals surface area contributed by atoms with Gasteiger partial charge in [-0.1, -0.05) is 0 Å². The molecule has 0 radical (unpaired) electrons. The molecule has 0 bridgehead atoms. The summed E-state index contributed by atoms with van der Waals surface area (Å²) in [7, 11) is 0. The molecule has 1 saturated carbocycles. The lowest BCUT2D eigenvalue weighted by Crippen LogP contribution is -2.27. The number of hydrogen-bond donors (Lipinski definition) is 2. The van der Waals surface area contributed by atoms with Gasteiger partial charge in [-0.2, -0.15) is 0 Å². The Morgan fingerprint density at radius 2 is 2.00 bits per heavy atom. The van der Waals surface area contributed by atoms with Gasteiger partial charge in [-0.25, -0.2) is 0 Å². The van der Waals surface area contributed by atoms with Gasteiger partial charge >= 0.3 is 0 Å². The SMILES string of the molecule is CCN(CCO)c1ccc(NC2CCC2)cc1.